The third-order valence-electron chi connectivity index (χ3n) is 12.1. The summed E-state index contributed by atoms with van der Waals surface area (Å²) in [6, 6.07) is 1.54. The Bertz CT molecular complexity index is 1140. The Morgan fingerprint density at radius 3 is 2.17 bits per heavy atom. The van der Waals surface area contributed by atoms with Crippen LogP contribution >= 0.6 is 0 Å². The number of fused-ring (bicyclic) bond motifs is 7. The van der Waals surface area contributed by atoms with Crippen molar-refractivity contribution < 1.29 is 30.0 Å². The van der Waals surface area contributed by atoms with E-state index in [-0.39, 0.29) is 39.9 Å². The lowest BCUT2D eigenvalue weighted by molar-refractivity contribution is -0.224. The van der Waals surface area contributed by atoms with Gasteiger partial charge in [-0.2, -0.15) is 0 Å². The minimum absolute atomic E-state index is 0.0408. The van der Waals surface area contributed by atoms with Crippen molar-refractivity contribution in [2.75, 3.05) is 0 Å². The summed E-state index contributed by atoms with van der Waals surface area (Å²) in [7, 11) is 0. The van der Waals surface area contributed by atoms with Crippen molar-refractivity contribution in [3.05, 3.63) is 22.8 Å². The Kier molecular flexibility index (Phi) is 4.94. The van der Waals surface area contributed by atoms with Crippen molar-refractivity contribution in [1.29, 1.82) is 0 Å². The van der Waals surface area contributed by atoms with Crippen LogP contribution in [0, 0.1) is 40.4 Å². The Labute approximate surface area is 207 Å². The second-order valence-corrected chi connectivity index (χ2v) is 13.6. The van der Waals surface area contributed by atoms with Crippen LogP contribution < -0.4 is 0 Å². The van der Waals surface area contributed by atoms with Crippen LogP contribution in [0.3, 0.4) is 0 Å². The fraction of sp³-hybridized carbons (Fsp3) is 0.724. The molecule has 4 aliphatic carbocycles. The van der Waals surface area contributed by atoms with Crippen LogP contribution in [0.2, 0.25) is 0 Å². The van der Waals surface area contributed by atoms with E-state index in [1.165, 1.54) is 6.07 Å². The SMILES string of the molecule is Cc1c(O)c(O)cc2c1C(=O)C(O)[C@H]1[C@@]2(C)CC[C@@]2(C)[C@@H]3C[C@](C)(C(=O)O)CC[C@]3(C)CC[C@]12C. The second-order valence-electron chi connectivity index (χ2n) is 13.6. The number of carboxylic acid groups (broad SMARTS) is 1. The first kappa shape index (κ1) is 24.6. The number of phenols is 2. The number of aromatic hydroxyl groups is 2. The van der Waals surface area contributed by atoms with E-state index in [9.17, 15) is 30.0 Å². The monoisotopic (exact) mass is 484 g/mol. The van der Waals surface area contributed by atoms with Gasteiger partial charge in [-0.25, -0.2) is 0 Å². The molecule has 4 N–H and O–H groups in total. The predicted molar refractivity (Wildman–Crippen MR) is 132 cm³/mol. The summed E-state index contributed by atoms with van der Waals surface area (Å²) < 4.78 is 0. The highest BCUT2D eigenvalue weighted by atomic mass is 16.4. The fourth-order valence-corrected chi connectivity index (χ4v) is 9.46. The van der Waals surface area contributed by atoms with Crippen LogP contribution in [0.1, 0.15) is 101 Å². The smallest absolute Gasteiger partial charge is 0.309 e. The van der Waals surface area contributed by atoms with Crippen LogP contribution in [-0.4, -0.2) is 38.3 Å². The van der Waals surface area contributed by atoms with Gasteiger partial charge in [0.15, 0.2) is 17.3 Å². The largest absolute Gasteiger partial charge is 0.504 e. The molecule has 0 spiro atoms. The van der Waals surface area contributed by atoms with Gasteiger partial charge in [-0.15, -0.1) is 0 Å². The molecule has 8 atom stereocenters. The zero-order valence-electron chi connectivity index (χ0n) is 21.9. The molecular formula is C29H40O6. The summed E-state index contributed by atoms with van der Waals surface area (Å²) in [5.74, 6) is -1.84. The normalized spacial score (nSPS) is 46.7. The molecule has 0 bridgehead atoms. The van der Waals surface area contributed by atoms with Crippen LogP contribution in [0.5, 0.6) is 11.5 Å². The second kappa shape index (κ2) is 7.02. The van der Waals surface area contributed by atoms with Crippen molar-refractivity contribution in [3.63, 3.8) is 0 Å². The number of carbonyl (C=O) groups excluding carboxylic acids is 1. The summed E-state index contributed by atoms with van der Waals surface area (Å²) >= 11 is 0. The summed E-state index contributed by atoms with van der Waals surface area (Å²) in [6.45, 7) is 12.4. The highest BCUT2D eigenvalue weighted by Crippen LogP contribution is 2.75. The molecule has 0 heterocycles. The summed E-state index contributed by atoms with van der Waals surface area (Å²) in [6.07, 6.45) is 4.35. The number of ketones is 1. The van der Waals surface area contributed by atoms with Gasteiger partial charge in [0, 0.05) is 17.0 Å². The molecule has 6 nitrogen and oxygen atoms in total. The number of Topliss-reactive ketones (excluding diaryl/α,β-unsaturated/α-hetero) is 1. The van der Waals surface area contributed by atoms with Crippen LogP contribution in [0.25, 0.3) is 0 Å². The van der Waals surface area contributed by atoms with Gasteiger partial charge < -0.3 is 20.4 Å². The van der Waals surface area contributed by atoms with E-state index in [0.29, 0.717) is 24.0 Å². The fourth-order valence-electron chi connectivity index (χ4n) is 9.46. The van der Waals surface area contributed by atoms with Gasteiger partial charge in [0.1, 0.15) is 6.10 Å². The van der Waals surface area contributed by atoms with Gasteiger partial charge in [-0.05, 0) is 98.0 Å². The molecule has 0 amide bonds. The van der Waals surface area contributed by atoms with Gasteiger partial charge in [-0.3, -0.25) is 9.59 Å². The highest BCUT2D eigenvalue weighted by Gasteiger charge is 2.71. The maximum atomic E-state index is 13.6. The van der Waals surface area contributed by atoms with E-state index >= 15 is 0 Å². The number of aliphatic hydroxyl groups is 1. The Balaban J connectivity index is 1.68. The lowest BCUT2D eigenvalue weighted by Crippen LogP contribution is -2.68. The van der Waals surface area contributed by atoms with E-state index in [2.05, 4.69) is 27.7 Å². The zero-order valence-corrected chi connectivity index (χ0v) is 21.9. The first-order valence-electron chi connectivity index (χ1n) is 13.1. The standard InChI is InChI=1S/C29H40O6/c1-15-19-16(13-17(30)20(15)31)27(4)10-12-28(5)18-14-26(3,24(34)35)8-7-25(18,2)9-11-29(28,6)23(27)22(33)21(19)32/h13,18,22-23,30-31,33H,7-12,14H2,1-6H3,(H,34,35)/t18-,22?,23+,25-,26-,27+,28+,29-/m1/s1. The number of benzene rings is 1. The third-order valence-corrected chi connectivity index (χ3v) is 12.1. The molecule has 0 radical (unpaired) electrons. The molecule has 4 aliphatic rings. The van der Waals surface area contributed by atoms with Gasteiger partial charge in [0.05, 0.1) is 5.41 Å². The summed E-state index contributed by atoms with van der Waals surface area (Å²) in [4.78, 5) is 25.9. The molecule has 6 heteroatoms. The molecule has 3 saturated carbocycles. The summed E-state index contributed by atoms with van der Waals surface area (Å²) in [5, 5.41) is 42.6. The van der Waals surface area contributed by atoms with Gasteiger partial charge in [-0.1, -0.05) is 27.7 Å². The molecule has 1 aromatic carbocycles. The van der Waals surface area contributed by atoms with Gasteiger partial charge >= 0.3 is 5.97 Å². The van der Waals surface area contributed by atoms with Crippen molar-refractivity contribution in [1.82, 2.24) is 0 Å². The van der Waals surface area contributed by atoms with Crippen molar-refractivity contribution in [3.8, 4) is 11.5 Å². The Morgan fingerprint density at radius 2 is 1.54 bits per heavy atom. The number of phenolic OH excluding ortho intramolecular Hbond substituents is 2. The molecule has 0 aromatic heterocycles. The van der Waals surface area contributed by atoms with Gasteiger partial charge in [0.25, 0.3) is 0 Å². The lowest BCUT2D eigenvalue weighted by Gasteiger charge is -2.72. The quantitative estimate of drug-likeness (QED) is 0.400. The van der Waals surface area contributed by atoms with E-state index < -0.39 is 28.3 Å². The lowest BCUT2D eigenvalue weighted by atomic mass is 9.32. The molecule has 1 unspecified atom stereocenters. The Hall–Kier alpha value is -2.08. The molecule has 0 saturated heterocycles. The number of carbonyl (C=O) groups is 2. The van der Waals surface area contributed by atoms with Crippen LogP contribution in [-0.2, 0) is 10.2 Å². The molecule has 35 heavy (non-hydrogen) atoms. The van der Waals surface area contributed by atoms with Crippen molar-refractivity contribution in [2.45, 2.75) is 98.0 Å². The van der Waals surface area contributed by atoms with Crippen molar-refractivity contribution >= 4 is 11.8 Å². The maximum absolute atomic E-state index is 13.6. The number of aliphatic hydroxyl groups excluding tert-OH is 1. The molecule has 5 rings (SSSR count). The topological polar surface area (TPSA) is 115 Å². The molecule has 1 aromatic rings. The summed E-state index contributed by atoms with van der Waals surface area (Å²) in [5.41, 5.74) is -0.520. The van der Waals surface area contributed by atoms with E-state index in [4.69, 9.17) is 0 Å². The number of hydrogen-bond donors (Lipinski definition) is 4. The number of aliphatic carboxylic acids is 1. The van der Waals surface area contributed by atoms with Crippen LogP contribution in [0.15, 0.2) is 6.07 Å². The number of hydrogen-bond acceptors (Lipinski definition) is 5. The first-order chi connectivity index (χ1) is 16.1. The van der Waals surface area contributed by atoms with Crippen molar-refractivity contribution in [2.24, 2.45) is 33.5 Å². The highest BCUT2D eigenvalue weighted by molar-refractivity contribution is 6.05. The van der Waals surface area contributed by atoms with E-state index in [0.717, 1.165) is 37.7 Å². The molecule has 3 fully saturated rings. The maximum Gasteiger partial charge on any atom is 0.309 e. The van der Waals surface area contributed by atoms with E-state index in [1.54, 1.807) is 6.92 Å². The molecular weight excluding hydrogens is 444 g/mol. The average Bonchev–Trinajstić information content (AvgIpc) is 2.78. The minimum atomic E-state index is -1.21. The third kappa shape index (κ3) is 2.81. The molecule has 192 valence electrons. The van der Waals surface area contributed by atoms with Gasteiger partial charge in [0.2, 0.25) is 0 Å². The molecule has 0 aliphatic heterocycles. The number of carboxylic acids is 1. The first-order valence-corrected chi connectivity index (χ1v) is 13.1. The number of rotatable bonds is 1. The van der Waals surface area contributed by atoms with E-state index in [1.807, 2.05) is 6.92 Å². The zero-order chi connectivity index (χ0) is 25.9. The minimum Gasteiger partial charge on any atom is -0.504 e. The van der Waals surface area contributed by atoms with Crippen LogP contribution in [0.4, 0.5) is 0 Å². The predicted octanol–water partition coefficient (Wildman–Crippen LogP) is 5.33. The Morgan fingerprint density at radius 1 is 0.943 bits per heavy atom. The average molecular weight is 485 g/mol.